The molecule has 0 radical (unpaired) electrons. The summed E-state index contributed by atoms with van der Waals surface area (Å²) < 4.78 is 3.84. The van der Waals surface area contributed by atoms with Crippen molar-refractivity contribution in [1.82, 2.24) is 14.7 Å². The minimum Gasteiger partial charge on any atom is -0.465 e. The van der Waals surface area contributed by atoms with Crippen molar-refractivity contribution in [2.24, 2.45) is 0 Å². The average molecular weight is 251 g/mol. The molecule has 1 rings (SSSR count). The molecule has 15 heavy (non-hydrogen) atoms. The zero-order valence-corrected chi connectivity index (χ0v) is 9.68. The Morgan fingerprint density at radius 2 is 2.47 bits per heavy atom. The van der Waals surface area contributed by atoms with E-state index in [1.807, 2.05) is 11.9 Å². The van der Waals surface area contributed by atoms with E-state index in [4.69, 9.17) is 16.7 Å². The van der Waals surface area contributed by atoms with Crippen molar-refractivity contribution in [3.8, 4) is 0 Å². The van der Waals surface area contributed by atoms with Gasteiger partial charge in [0.05, 0.1) is 0 Å². The van der Waals surface area contributed by atoms with Crippen LogP contribution in [0.4, 0.5) is 9.93 Å². The molecule has 2 N–H and O–H groups in total. The molecule has 6 nitrogen and oxygen atoms in total. The summed E-state index contributed by atoms with van der Waals surface area (Å²) in [5.74, 6) is 0. The summed E-state index contributed by atoms with van der Waals surface area (Å²) in [6, 6.07) is 0. The zero-order valence-electron chi connectivity index (χ0n) is 8.10. The van der Waals surface area contributed by atoms with E-state index in [9.17, 15) is 4.79 Å². The van der Waals surface area contributed by atoms with Crippen molar-refractivity contribution >= 4 is 34.4 Å². The van der Waals surface area contributed by atoms with Gasteiger partial charge in [0, 0.05) is 31.7 Å². The quantitative estimate of drug-likeness (QED) is 0.770. The first kappa shape index (κ1) is 12.0. The summed E-state index contributed by atoms with van der Waals surface area (Å²) >= 11 is 6.80. The van der Waals surface area contributed by atoms with Crippen LogP contribution in [-0.2, 0) is 0 Å². The second kappa shape index (κ2) is 5.72. The number of amides is 1. The van der Waals surface area contributed by atoms with Crippen molar-refractivity contribution in [2.45, 2.75) is 6.42 Å². The maximum absolute atomic E-state index is 10.2. The van der Waals surface area contributed by atoms with Gasteiger partial charge >= 0.3 is 6.09 Å². The summed E-state index contributed by atoms with van der Waals surface area (Å²) in [5, 5.41) is 11.6. The Morgan fingerprint density at radius 3 is 3.00 bits per heavy atom. The molecule has 0 fully saturated rings. The third-order valence-electron chi connectivity index (χ3n) is 1.66. The Kier molecular flexibility index (Phi) is 4.57. The van der Waals surface area contributed by atoms with Gasteiger partial charge in [-0.3, -0.25) is 0 Å². The maximum Gasteiger partial charge on any atom is 0.404 e. The van der Waals surface area contributed by atoms with Crippen LogP contribution < -0.4 is 10.2 Å². The van der Waals surface area contributed by atoms with Crippen molar-refractivity contribution in [1.29, 1.82) is 0 Å². The maximum atomic E-state index is 10.2. The zero-order chi connectivity index (χ0) is 11.3. The van der Waals surface area contributed by atoms with Gasteiger partial charge < -0.3 is 15.3 Å². The Hall–Kier alpha value is -1.08. The molecule has 1 aromatic heterocycles. The number of nitrogens with one attached hydrogen (secondary N) is 1. The predicted molar refractivity (Wildman–Crippen MR) is 58.8 cm³/mol. The van der Waals surface area contributed by atoms with Gasteiger partial charge in [0.1, 0.15) is 0 Å². The lowest BCUT2D eigenvalue weighted by atomic mass is 10.4. The molecule has 0 spiro atoms. The Balaban J connectivity index is 2.24. The van der Waals surface area contributed by atoms with E-state index in [2.05, 4.69) is 14.7 Å². The van der Waals surface area contributed by atoms with Gasteiger partial charge in [-0.15, -0.1) is 0 Å². The van der Waals surface area contributed by atoms with Crippen LogP contribution in [-0.4, -0.2) is 40.7 Å². The van der Waals surface area contributed by atoms with Crippen molar-refractivity contribution < 1.29 is 9.90 Å². The number of hydrogen-bond acceptors (Lipinski definition) is 5. The molecular formula is C7H11ClN4O2S. The van der Waals surface area contributed by atoms with Gasteiger partial charge in [-0.25, -0.2) is 4.79 Å². The van der Waals surface area contributed by atoms with Crippen molar-refractivity contribution in [3.05, 3.63) is 5.28 Å². The van der Waals surface area contributed by atoms with E-state index in [0.29, 0.717) is 19.5 Å². The summed E-state index contributed by atoms with van der Waals surface area (Å²) in [6.45, 7) is 1.12. The van der Waals surface area contributed by atoms with E-state index in [0.717, 1.165) is 5.13 Å². The number of aromatic nitrogens is 2. The second-order valence-electron chi connectivity index (χ2n) is 2.85. The number of carboxylic acid groups (broad SMARTS) is 1. The molecular weight excluding hydrogens is 240 g/mol. The van der Waals surface area contributed by atoms with Gasteiger partial charge in [0.2, 0.25) is 10.4 Å². The number of rotatable bonds is 5. The number of anilines is 1. The predicted octanol–water partition coefficient (Wildman–Crippen LogP) is 1.29. The third kappa shape index (κ3) is 4.30. The smallest absolute Gasteiger partial charge is 0.404 e. The van der Waals surface area contributed by atoms with Crippen LogP contribution in [0.3, 0.4) is 0 Å². The number of carbonyl (C=O) groups is 1. The van der Waals surface area contributed by atoms with Crippen LogP contribution in [0, 0.1) is 0 Å². The van der Waals surface area contributed by atoms with E-state index in [1.54, 1.807) is 0 Å². The van der Waals surface area contributed by atoms with E-state index in [-0.39, 0.29) is 5.28 Å². The summed E-state index contributed by atoms with van der Waals surface area (Å²) in [6.07, 6.45) is -0.295. The van der Waals surface area contributed by atoms with Crippen LogP contribution in [0.5, 0.6) is 0 Å². The van der Waals surface area contributed by atoms with Crippen LogP contribution in [0.2, 0.25) is 5.28 Å². The first-order chi connectivity index (χ1) is 7.09. The SMILES string of the molecule is CN(CCCNC(=O)O)c1nc(Cl)ns1. The molecule has 0 aromatic carbocycles. The molecule has 0 saturated heterocycles. The first-order valence-corrected chi connectivity index (χ1v) is 5.42. The number of nitrogens with zero attached hydrogens (tertiary/aromatic N) is 3. The largest absolute Gasteiger partial charge is 0.465 e. The topological polar surface area (TPSA) is 78.4 Å². The fourth-order valence-electron chi connectivity index (χ4n) is 0.960. The highest BCUT2D eigenvalue weighted by molar-refractivity contribution is 7.09. The molecule has 0 saturated carbocycles. The number of hydrogen-bond donors (Lipinski definition) is 2. The Bertz CT molecular complexity index is 333. The normalized spacial score (nSPS) is 10.0. The summed E-state index contributed by atoms with van der Waals surface area (Å²) in [7, 11) is 1.86. The third-order valence-corrected chi connectivity index (χ3v) is 2.76. The molecule has 1 amide bonds. The van der Waals surface area contributed by atoms with E-state index >= 15 is 0 Å². The standard InChI is InChI=1S/C7H11ClN4O2S/c1-12(4-2-3-9-7(13)14)6-10-5(8)11-15-6/h9H,2-4H2,1H3,(H,13,14). The van der Waals surface area contributed by atoms with E-state index < -0.39 is 6.09 Å². The molecule has 84 valence electrons. The van der Waals surface area contributed by atoms with Crippen LogP contribution in [0.15, 0.2) is 0 Å². The van der Waals surface area contributed by atoms with Gasteiger partial charge in [-0.05, 0) is 18.0 Å². The van der Waals surface area contributed by atoms with Gasteiger partial charge in [0.25, 0.3) is 0 Å². The molecule has 1 heterocycles. The summed E-state index contributed by atoms with van der Waals surface area (Å²) in [5.41, 5.74) is 0. The van der Waals surface area contributed by atoms with Crippen LogP contribution in [0.1, 0.15) is 6.42 Å². The monoisotopic (exact) mass is 250 g/mol. The highest BCUT2D eigenvalue weighted by atomic mass is 35.5. The van der Waals surface area contributed by atoms with Crippen LogP contribution >= 0.6 is 23.1 Å². The minimum absolute atomic E-state index is 0.241. The van der Waals surface area contributed by atoms with Crippen molar-refractivity contribution in [3.63, 3.8) is 0 Å². The van der Waals surface area contributed by atoms with Gasteiger partial charge in [-0.1, -0.05) is 0 Å². The molecule has 0 aliphatic carbocycles. The van der Waals surface area contributed by atoms with Gasteiger partial charge in [-0.2, -0.15) is 9.36 Å². The molecule has 8 heteroatoms. The van der Waals surface area contributed by atoms with E-state index in [1.165, 1.54) is 11.5 Å². The Morgan fingerprint density at radius 1 is 1.73 bits per heavy atom. The highest BCUT2D eigenvalue weighted by Gasteiger charge is 2.06. The minimum atomic E-state index is -1.00. The lowest BCUT2D eigenvalue weighted by Crippen LogP contribution is -2.26. The Labute approximate surface area is 96.0 Å². The molecule has 1 aromatic rings. The average Bonchev–Trinajstić information content (AvgIpc) is 2.59. The first-order valence-electron chi connectivity index (χ1n) is 4.26. The molecule has 0 aliphatic heterocycles. The van der Waals surface area contributed by atoms with Gasteiger partial charge in [0.15, 0.2) is 0 Å². The molecule has 0 bridgehead atoms. The lowest BCUT2D eigenvalue weighted by Gasteiger charge is -2.14. The molecule has 0 aliphatic rings. The lowest BCUT2D eigenvalue weighted by molar-refractivity contribution is 0.194. The molecule has 0 atom stereocenters. The van der Waals surface area contributed by atoms with Crippen molar-refractivity contribution in [2.75, 3.05) is 25.0 Å². The van der Waals surface area contributed by atoms with Crippen LogP contribution in [0.25, 0.3) is 0 Å². The summed E-state index contributed by atoms with van der Waals surface area (Å²) in [4.78, 5) is 16.0. The number of halogens is 1. The fraction of sp³-hybridized carbons (Fsp3) is 0.571. The highest BCUT2D eigenvalue weighted by Crippen LogP contribution is 2.17. The second-order valence-corrected chi connectivity index (χ2v) is 3.92. The molecule has 0 unspecified atom stereocenters. The fourth-order valence-corrected chi connectivity index (χ4v) is 1.75.